The quantitative estimate of drug-likeness (QED) is 0.184. The minimum atomic E-state index is -0.782. The number of aromatic nitrogens is 2. The number of azide groups is 2. The van der Waals surface area contributed by atoms with Crippen LogP contribution >= 0.6 is 0 Å². The van der Waals surface area contributed by atoms with Crippen LogP contribution < -0.4 is 16.6 Å². The highest BCUT2D eigenvalue weighted by Crippen LogP contribution is 2.30. The van der Waals surface area contributed by atoms with Crippen LogP contribution in [0.1, 0.15) is 31.6 Å². The molecule has 16 nitrogen and oxygen atoms in total. The first-order chi connectivity index (χ1) is 16.9. The molecule has 4 atom stereocenters. The van der Waals surface area contributed by atoms with Crippen molar-refractivity contribution in [1.82, 2.24) is 14.9 Å². The Morgan fingerprint density at radius 3 is 2.91 bits per heavy atom. The zero-order chi connectivity index (χ0) is 25.6. The number of ether oxygens (including phenoxy) is 4. The van der Waals surface area contributed by atoms with Crippen LogP contribution in [0.25, 0.3) is 20.9 Å². The van der Waals surface area contributed by atoms with Gasteiger partial charge in [-0.3, -0.25) is 19.1 Å². The van der Waals surface area contributed by atoms with Crippen LogP contribution in [-0.4, -0.2) is 67.5 Å². The van der Waals surface area contributed by atoms with Crippen LogP contribution in [-0.2, 0) is 23.7 Å². The molecule has 1 aromatic heterocycles. The summed E-state index contributed by atoms with van der Waals surface area (Å²) in [6.45, 7) is 1.29. The Bertz CT molecular complexity index is 1140. The summed E-state index contributed by atoms with van der Waals surface area (Å²) in [5, 5.41) is 9.20. The lowest BCUT2D eigenvalue weighted by molar-refractivity contribution is -0.127. The minimum absolute atomic E-state index is 0.0187. The molecule has 0 spiro atoms. The molecule has 4 unspecified atom stereocenters. The number of carbonyl (C=O) groups is 1. The lowest BCUT2D eigenvalue weighted by Gasteiger charge is -2.17. The molecule has 1 aliphatic rings. The molecular formula is C19H25N9O7. The number of nitrogens with one attached hydrogen (secondary N) is 2. The lowest BCUT2D eigenvalue weighted by Crippen LogP contribution is -2.34. The van der Waals surface area contributed by atoms with Crippen molar-refractivity contribution in [2.75, 3.05) is 33.6 Å². The van der Waals surface area contributed by atoms with Gasteiger partial charge >= 0.3 is 5.69 Å². The largest absolute Gasteiger partial charge is 0.382 e. The number of aromatic amines is 1. The zero-order valence-corrected chi connectivity index (χ0v) is 19.1. The van der Waals surface area contributed by atoms with E-state index in [1.165, 1.54) is 17.9 Å². The summed E-state index contributed by atoms with van der Waals surface area (Å²) in [6, 6.07) is 0. The molecule has 1 amide bonds. The van der Waals surface area contributed by atoms with Crippen molar-refractivity contribution in [3.63, 3.8) is 0 Å². The molecule has 2 heterocycles. The lowest BCUT2D eigenvalue weighted by atomic mass is 10.2. The third-order valence-electron chi connectivity index (χ3n) is 4.73. The van der Waals surface area contributed by atoms with Crippen LogP contribution in [0.3, 0.4) is 0 Å². The molecule has 1 aromatic rings. The Hall–Kier alpha value is -3.83. The summed E-state index contributed by atoms with van der Waals surface area (Å²) in [5.74, 6) is 4.74. The average molecular weight is 491 g/mol. The SMILES string of the molecule is CCC(N=[N+]=[N-])OCC(=O)NCC#Cc1cn(C2CC(OCN=[N+]=[N-])C(COC)O2)c(=O)[nH]c1=O. The van der Waals surface area contributed by atoms with Crippen molar-refractivity contribution in [3.8, 4) is 11.8 Å². The van der Waals surface area contributed by atoms with Gasteiger partial charge < -0.3 is 24.3 Å². The van der Waals surface area contributed by atoms with E-state index in [0.717, 1.165) is 0 Å². The van der Waals surface area contributed by atoms with Crippen molar-refractivity contribution in [1.29, 1.82) is 0 Å². The molecule has 0 bridgehead atoms. The number of nitrogens with zero attached hydrogens (tertiary/aromatic N) is 7. The molecule has 1 saturated heterocycles. The Labute approximate surface area is 198 Å². The molecule has 0 saturated carbocycles. The normalized spacial score (nSPS) is 19.5. The maximum Gasteiger partial charge on any atom is 0.330 e. The van der Waals surface area contributed by atoms with E-state index in [1.807, 2.05) is 0 Å². The van der Waals surface area contributed by atoms with Crippen molar-refractivity contribution in [2.45, 2.75) is 44.4 Å². The van der Waals surface area contributed by atoms with Crippen molar-refractivity contribution in [3.05, 3.63) is 53.5 Å². The highest BCUT2D eigenvalue weighted by atomic mass is 16.6. The topological polar surface area (TPSA) is 218 Å². The molecule has 188 valence electrons. The molecule has 2 rings (SSSR count). The first-order valence-electron chi connectivity index (χ1n) is 10.5. The maximum absolute atomic E-state index is 12.4. The van der Waals surface area contributed by atoms with E-state index < -0.39 is 41.8 Å². The predicted octanol–water partition coefficient (Wildman–Crippen LogP) is 0.654. The van der Waals surface area contributed by atoms with E-state index in [1.54, 1.807) is 6.92 Å². The first-order valence-corrected chi connectivity index (χ1v) is 10.5. The fourth-order valence-corrected chi connectivity index (χ4v) is 3.10. The van der Waals surface area contributed by atoms with Gasteiger partial charge in [-0.2, -0.15) is 0 Å². The fraction of sp³-hybridized carbons (Fsp3) is 0.632. The van der Waals surface area contributed by atoms with E-state index in [0.29, 0.717) is 6.42 Å². The van der Waals surface area contributed by atoms with Gasteiger partial charge in [-0.1, -0.05) is 29.0 Å². The number of hydrogen-bond donors (Lipinski definition) is 2. The number of amides is 1. The van der Waals surface area contributed by atoms with Crippen molar-refractivity contribution >= 4 is 5.91 Å². The maximum atomic E-state index is 12.4. The van der Waals surface area contributed by atoms with Gasteiger partial charge in [-0.05, 0) is 17.5 Å². The molecule has 16 heteroatoms. The molecule has 0 aromatic carbocycles. The molecule has 2 N–H and O–H groups in total. The van der Waals surface area contributed by atoms with Gasteiger partial charge in [-0.15, -0.1) is 0 Å². The summed E-state index contributed by atoms with van der Waals surface area (Å²) < 4.78 is 22.8. The summed E-state index contributed by atoms with van der Waals surface area (Å²) >= 11 is 0. The second kappa shape index (κ2) is 14.4. The highest BCUT2D eigenvalue weighted by molar-refractivity contribution is 5.77. The summed E-state index contributed by atoms with van der Waals surface area (Å²) in [4.78, 5) is 43.8. The Kier molecular flexibility index (Phi) is 11.3. The second-order valence-corrected chi connectivity index (χ2v) is 7.05. The van der Waals surface area contributed by atoms with Gasteiger partial charge in [-0.25, -0.2) is 4.79 Å². The Morgan fingerprint density at radius 1 is 1.43 bits per heavy atom. The number of methoxy groups -OCH3 is 1. The summed E-state index contributed by atoms with van der Waals surface area (Å²) in [6.07, 6.45) is -0.670. The number of hydrogen-bond acceptors (Lipinski definition) is 9. The molecular weight excluding hydrogens is 466 g/mol. The van der Waals surface area contributed by atoms with E-state index in [2.05, 4.69) is 42.2 Å². The van der Waals surface area contributed by atoms with E-state index in [-0.39, 0.29) is 38.5 Å². The smallest absolute Gasteiger partial charge is 0.330 e. The molecule has 0 aliphatic carbocycles. The highest BCUT2D eigenvalue weighted by Gasteiger charge is 2.37. The van der Waals surface area contributed by atoms with Crippen LogP contribution in [0.4, 0.5) is 0 Å². The van der Waals surface area contributed by atoms with Gasteiger partial charge in [0, 0.05) is 29.6 Å². The first kappa shape index (κ1) is 27.4. The summed E-state index contributed by atoms with van der Waals surface area (Å²) in [7, 11) is 1.48. The molecule has 0 radical (unpaired) electrons. The number of H-pyrrole nitrogens is 1. The standard InChI is InChI=1S/C19H25N9O7/c1-3-16(25-27-21)33-10-15(29)22-6-4-5-12-8-28(19(31)24-18(12)30)17-7-13(34-11-23-26-20)14(35-17)9-32-2/h8,13-14,16-17H,3,6-7,9-11H2,1-2H3,(H,22,29)(H,24,30,31). The van der Waals surface area contributed by atoms with Gasteiger partial charge in [0.25, 0.3) is 5.56 Å². The van der Waals surface area contributed by atoms with Crippen LogP contribution in [0.5, 0.6) is 0 Å². The predicted molar refractivity (Wildman–Crippen MR) is 120 cm³/mol. The molecule has 1 aliphatic heterocycles. The third kappa shape index (κ3) is 8.47. The monoisotopic (exact) mass is 491 g/mol. The van der Waals surface area contributed by atoms with Gasteiger partial charge in [0.1, 0.15) is 37.5 Å². The van der Waals surface area contributed by atoms with Gasteiger partial charge in [0.2, 0.25) is 5.91 Å². The molecule has 1 fully saturated rings. The Morgan fingerprint density at radius 2 is 2.23 bits per heavy atom. The average Bonchev–Trinajstić information content (AvgIpc) is 3.23. The summed E-state index contributed by atoms with van der Waals surface area (Å²) in [5.41, 5.74) is 15.4. The minimum Gasteiger partial charge on any atom is -0.382 e. The van der Waals surface area contributed by atoms with Gasteiger partial charge in [0.05, 0.1) is 19.3 Å². The fourth-order valence-electron chi connectivity index (χ4n) is 3.10. The third-order valence-corrected chi connectivity index (χ3v) is 4.73. The van der Waals surface area contributed by atoms with Gasteiger partial charge in [0.15, 0.2) is 0 Å². The van der Waals surface area contributed by atoms with E-state index in [4.69, 9.17) is 30.0 Å². The van der Waals surface area contributed by atoms with Crippen LogP contribution in [0.15, 0.2) is 26.0 Å². The van der Waals surface area contributed by atoms with Crippen molar-refractivity contribution in [2.24, 2.45) is 10.2 Å². The second-order valence-electron chi connectivity index (χ2n) is 7.05. The van der Waals surface area contributed by atoms with E-state index in [9.17, 15) is 14.4 Å². The van der Waals surface area contributed by atoms with Crippen LogP contribution in [0.2, 0.25) is 0 Å². The van der Waals surface area contributed by atoms with E-state index >= 15 is 0 Å². The van der Waals surface area contributed by atoms with Crippen molar-refractivity contribution < 1.29 is 23.7 Å². The number of carbonyl (C=O) groups excluding carboxylic acids is 1. The van der Waals surface area contributed by atoms with Crippen LogP contribution in [0, 0.1) is 11.8 Å². The number of rotatable bonds is 12. The zero-order valence-electron chi connectivity index (χ0n) is 19.1. The Balaban J connectivity index is 2.05. The molecule has 35 heavy (non-hydrogen) atoms.